The summed E-state index contributed by atoms with van der Waals surface area (Å²) in [6.07, 6.45) is 5.94. The highest BCUT2D eigenvalue weighted by Crippen LogP contribution is 2.37. The zero-order chi connectivity index (χ0) is 31.0. The number of carbonyl (C=O) groups excluding carboxylic acids is 1. The molecule has 1 fully saturated rings. The highest BCUT2D eigenvalue weighted by atomic mass is 19.1. The van der Waals surface area contributed by atoms with Gasteiger partial charge >= 0.3 is 0 Å². The molecule has 6 rings (SSSR count). The highest BCUT2D eigenvalue weighted by Gasteiger charge is 2.36. The fraction of sp³-hybridized carbons (Fsp3) is 0.303. The van der Waals surface area contributed by atoms with Crippen LogP contribution in [0.5, 0.6) is 11.5 Å². The first-order valence-electron chi connectivity index (χ1n) is 14.5. The number of hydrogen-bond acceptors (Lipinski definition) is 8. The van der Waals surface area contributed by atoms with Crippen LogP contribution in [-0.4, -0.2) is 61.1 Å². The van der Waals surface area contributed by atoms with Gasteiger partial charge in [0.25, 0.3) is 0 Å². The van der Waals surface area contributed by atoms with Gasteiger partial charge in [-0.25, -0.2) is 24.3 Å². The number of benzene rings is 2. The van der Waals surface area contributed by atoms with Gasteiger partial charge < -0.3 is 24.3 Å². The van der Waals surface area contributed by atoms with Crippen molar-refractivity contribution in [3.05, 3.63) is 84.8 Å². The summed E-state index contributed by atoms with van der Waals surface area (Å²) in [5.74, 6) is 0.881. The van der Waals surface area contributed by atoms with Gasteiger partial charge in [0.15, 0.2) is 11.6 Å². The Kier molecular flexibility index (Phi) is 7.96. The van der Waals surface area contributed by atoms with Crippen molar-refractivity contribution in [2.75, 3.05) is 19.0 Å². The fourth-order valence-corrected chi connectivity index (χ4v) is 6.09. The predicted molar refractivity (Wildman–Crippen MR) is 167 cm³/mol. The van der Waals surface area contributed by atoms with E-state index in [9.17, 15) is 4.79 Å². The number of methoxy groups -OCH3 is 1. The number of hydrogen-bond donors (Lipinski definition) is 1. The summed E-state index contributed by atoms with van der Waals surface area (Å²) in [5.41, 5.74) is 4.39. The van der Waals surface area contributed by atoms with Crippen LogP contribution in [0.25, 0.3) is 22.1 Å². The number of amides is 1. The molecule has 10 nitrogen and oxygen atoms in total. The van der Waals surface area contributed by atoms with E-state index in [1.165, 1.54) is 12.4 Å². The molecule has 0 aliphatic carbocycles. The third-order valence-corrected chi connectivity index (χ3v) is 8.27. The van der Waals surface area contributed by atoms with Crippen molar-refractivity contribution in [3.63, 3.8) is 0 Å². The fourth-order valence-electron chi connectivity index (χ4n) is 6.09. The molecule has 3 atom stereocenters. The average molecular weight is 596 g/mol. The lowest BCUT2D eigenvalue weighted by Gasteiger charge is -2.43. The quantitative estimate of drug-likeness (QED) is 0.212. The molecule has 0 spiro atoms. The Bertz CT molecular complexity index is 1870. The summed E-state index contributed by atoms with van der Waals surface area (Å²) in [7, 11) is 3.56. The molecule has 0 radical (unpaired) electrons. The lowest BCUT2D eigenvalue weighted by atomic mass is 9.84. The summed E-state index contributed by atoms with van der Waals surface area (Å²) >= 11 is 0. The van der Waals surface area contributed by atoms with Gasteiger partial charge in [0.2, 0.25) is 5.91 Å². The van der Waals surface area contributed by atoms with Gasteiger partial charge in [-0.3, -0.25) is 4.79 Å². The maximum atomic E-state index is 15.7. The SMILES string of the molecule is C=CC(=O)N1C(C)C[C@@H](c2ccc3ncnc(Nc4ccc(Oc5ccc6c(c5)ncn6C)c(C)c4F)c3n2)CC1COC. The Morgan fingerprint density at radius 1 is 1.14 bits per heavy atom. The molecule has 1 saturated heterocycles. The number of fused-ring (bicyclic) bond motifs is 2. The third-order valence-electron chi connectivity index (χ3n) is 8.27. The number of aromatic nitrogens is 5. The van der Waals surface area contributed by atoms with Gasteiger partial charge in [0.05, 0.1) is 41.2 Å². The maximum absolute atomic E-state index is 15.7. The standard InChI is InChI=1S/C33H34FN7O3/c1-6-30(42)41-19(2)13-21(14-22(41)16-43-5)24-8-9-26-32(38-24)33(36-17-35-26)39-25-10-12-29(20(3)31(25)34)44-23-7-11-28-27(15-23)37-18-40(28)4/h6-12,15,17-19,21-22H,1,13-14,16H2,2-5H3,(H,35,36,39)/t19?,21-,22?/m1/s1. The van der Waals surface area contributed by atoms with Crippen LogP contribution in [-0.2, 0) is 16.6 Å². The second-order valence-electron chi connectivity index (χ2n) is 11.2. The molecular formula is C33H34FN7O3. The zero-order valence-electron chi connectivity index (χ0n) is 25.1. The molecule has 1 aliphatic rings. The molecular weight excluding hydrogens is 561 g/mol. The molecule has 44 heavy (non-hydrogen) atoms. The van der Waals surface area contributed by atoms with Crippen LogP contribution in [0, 0.1) is 12.7 Å². The van der Waals surface area contributed by atoms with E-state index in [1.54, 1.807) is 32.5 Å². The minimum absolute atomic E-state index is 0.0230. The van der Waals surface area contributed by atoms with Crippen LogP contribution in [0.3, 0.4) is 0 Å². The van der Waals surface area contributed by atoms with Crippen LogP contribution in [0.1, 0.15) is 36.9 Å². The summed E-state index contributed by atoms with van der Waals surface area (Å²) in [6, 6.07) is 12.7. The van der Waals surface area contributed by atoms with Crippen LogP contribution >= 0.6 is 0 Å². The molecule has 226 valence electrons. The van der Waals surface area contributed by atoms with E-state index in [0.717, 1.165) is 23.1 Å². The number of pyridine rings is 1. The number of aryl methyl sites for hydroxylation is 1. The Morgan fingerprint density at radius 3 is 2.77 bits per heavy atom. The normalized spacial score (nSPS) is 18.5. The number of anilines is 2. The molecule has 2 aromatic carbocycles. The second-order valence-corrected chi connectivity index (χ2v) is 11.2. The average Bonchev–Trinajstić information content (AvgIpc) is 3.40. The Balaban J connectivity index is 1.26. The summed E-state index contributed by atoms with van der Waals surface area (Å²) in [6.45, 7) is 7.78. The number of ether oxygens (including phenoxy) is 2. The van der Waals surface area contributed by atoms with Crippen molar-refractivity contribution in [2.24, 2.45) is 7.05 Å². The Labute approximate surface area is 254 Å². The number of halogens is 1. The van der Waals surface area contributed by atoms with E-state index >= 15 is 4.39 Å². The molecule has 0 bridgehead atoms. The summed E-state index contributed by atoms with van der Waals surface area (Å²) in [5, 5.41) is 3.13. The van der Waals surface area contributed by atoms with Crippen molar-refractivity contribution in [1.29, 1.82) is 0 Å². The first kappa shape index (κ1) is 29.2. The van der Waals surface area contributed by atoms with Gasteiger partial charge in [0, 0.05) is 43.4 Å². The molecule has 5 aromatic rings. The van der Waals surface area contributed by atoms with Crippen molar-refractivity contribution >= 4 is 39.5 Å². The topological polar surface area (TPSA) is 107 Å². The number of carbonyl (C=O) groups is 1. The predicted octanol–water partition coefficient (Wildman–Crippen LogP) is 6.19. The van der Waals surface area contributed by atoms with Crippen molar-refractivity contribution in [2.45, 2.75) is 44.7 Å². The van der Waals surface area contributed by atoms with Gasteiger partial charge in [-0.1, -0.05) is 6.58 Å². The Morgan fingerprint density at radius 2 is 1.98 bits per heavy atom. The Hall–Kier alpha value is -4.90. The summed E-state index contributed by atoms with van der Waals surface area (Å²) < 4.78 is 29.1. The van der Waals surface area contributed by atoms with Crippen LogP contribution < -0.4 is 10.1 Å². The number of nitrogens with zero attached hydrogens (tertiary/aromatic N) is 6. The first-order chi connectivity index (χ1) is 21.3. The number of likely N-dealkylation sites (tertiary alicyclic amines) is 1. The van der Waals surface area contributed by atoms with Crippen LogP contribution in [0.4, 0.5) is 15.9 Å². The van der Waals surface area contributed by atoms with E-state index in [-0.39, 0.29) is 29.6 Å². The van der Waals surface area contributed by atoms with Gasteiger partial charge in [-0.05, 0) is 69.2 Å². The number of imidazole rings is 1. The van der Waals surface area contributed by atoms with Crippen LogP contribution in [0.2, 0.25) is 0 Å². The smallest absolute Gasteiger partial charge is 0.246 e. The van der Waals surface area contributed by atoms with Crippen LogP contribution in [0.15, 0.2) is 67.8 Å². The minimum Gasteiger partial charge on any atom is -0.457 e. The molecule has 2 unspecified atom stereocenters. The lowest BCUT2D eigenvalue weighted by molar-refractivity contribution is -0.134. The second kappa shape index (κ2) is 12.0. The van der Waals surface area contributed by atoms with Gasteiger partial charge in [-0.2, -0.15) is 0 Å². The molecule has 1 N–H and O–H groups in total. The lowest BCUT2D eigenvalue weighted by Crippen LogP contribution is -2.52. The van der Waals surface area contributed by atoms with Crippen molar-refractivity contribution < 1.29 is 18.7 Å². The highest BCUT2D eigenvalue weighted by molar-refractivity contribution is 5.88. The minimum atomic E-state index is -0.458. The number of piperidine rings is 1. The first-order valence-corrected chi connectivity index (χ1v) is 14.5. The molecule has 4 heterocycles. The zero-order valence-corrected chi connectivity index (χ0v) is 25.1. The summed E-state index contributed by atoms with van der Waals surface area (Å²) in [4.78, 5) is 32.5. The molecule has 3 aromatic heterocycles. The molecule has 1 aliphatic heterocycles. The van der Waals surface area contributed by atoms with Crippen molar-refractivity contribution in [3.8, 4) is 11.5 Å². The van der Waals surface area contributed by atoms with E-state index < -0.39 is 5.82 Å². The van der Waals surface area contributed by atoms with E-state index in [4.69, 9.17) is 14.5 Å². The van der Waals surface area contributed by atoms with E-state index in [0.29, 0.717) is 46.9 Å². The largest absolute Gasteiger partial charge is 0.457 e. The number of nitrogens with one attached hydrogen (secondary N) is 1. The molecule has 0 saturated carbocycles. The van der Waals surface area contributed by atoms with E-state index in [2.05, 4.69) is 26.8 Å². The maximum Gasteiger partial charge on any atom is 0.246 e. The molecule has 11 heteroatoms. The third kappa shape index (κ3) is 5.46. The monoisotopic (exact) mass is 595 g/mol. The van der Waals surface area contributed by atoms with E-state index in [1.807, 2.05) is 53.8 Å². The molecule has 1 amide bonds. The van der Waals surface area contributed by atoms with Gasteiger partial charge in [-0.15, -0.1) is 0 Å². The number of rotatable bonds is 8. The van der Waals surface area contributed by atoms with Gasteiger partial charge in [0.1, 0.15) is 23.3 Å². The van der Waals surface area contributed by atoms with Crippen molar-refractivity contribution in [1.82, 2.24) is 29.4 Å².